The minimum absolute atomic E-state index is 0.0470. The molecular weight excluding hydrogens is 220 g/mol. The molecule has 0 aromatic carbocycles. The lowest BCUT2D eigenvalue weighted by Crippen LogP contribution is -2.48. The molecule has 1 heterocycles. The summed E-state index contributed by atoms with van der Waals surface area (Å²) in [6.45, 7) is 3.22. The summed E-state index contributed by atoms with van der Waals surface area (Å²) >= 11 is 0. The van der Waals surface area contributed by atoms with Gasteiger partial charge in [0.15, 0.2) is 0 Å². The number of carbonyl (C=O) groups excluding carboxylic acids is 1. The fraction of sp³-hybridized carbons (Fsp3) is 0.833. The molecule has 96 valence electrons. The van der Waals surface area contributed by atoms with Crippen LogP contribution in [0.15, 0.2) is 0 Å². The van der Waals surface area contributed by atoms with Crippen LogP contribution in [-0.4, -0.2) is 53.1 Å². The van der Waals surface area contributed by atoms with Crippen molar-refractivity contribution in [2.45, 2.75) is 32.2 Å². The summed E-state index contributed by atoms with van der Waals surface area (Å²) < 4.78 is 0. The number of aliphatic carboxylic acids is 1. The van der Waals surface area contributed by atoms with Gasteiger partial charge < -0.3 is 14.9 Å². The minimum atomic E-state index is -0.886. The fourth-order valence-electron chi connectivity index (χ4n) is 2.52. The smallest absolute Gasteiger partial charge is 0.326 e. The molecule has 5 heteroatoms. The fourth-order valence-corrected chi connectivity index (χ4v) is 2.52. The third-order valence-corrected chi connectivity index (χ3v) is 3.75. The van der Waals surface area contributed by atoms with E-state index in [1.807, 2.05) is 6.92 Å². The van der Waals surface area contributed by atoms with Crippen molar-refractivity contribution in [3.63, 3.8) is 0 Å². The molecule has 17 heavy (non-hydrogen) atoms. The van der Waals surface area contributed by atoms with E-state index in [9.17, 15) is 9.59 Å². The highest BCUT2D eigenvalue weighted by Gasteiger charge is 2.41. The van der Waals surface area contributed by atoms with E-state index in [0.29, 0.717) is 12.5 Å². The lowest BCUT2D eigenvalue weighted by molar-refractivity contribution is -0.142. The van der Waals surface area contributed by atoms with E-state index in [-0.39, 0.29) is 11.9 Å². The van der Waals surface area contributed by atoms with Gasteiger partial charge in [0.2, 0.25) is 0 Å². The first-order valence-corrected chi connectivity index (χ1v) is 6.25. The first kappa shape index (κ1) is 12.2. The van der Waals surface area contributed by atoms with Crippen molar-refractivity contribution >= 4 is 12.0 Å². The zero-order chi connectivity index (χ0) is 12.6. The largest absolute Gasteiger partial charge is 0.480 e. The van der Waals surface area contributed by atoms with Crippen LogP contribution in [0.3, 0.4) is 0 Å². The van der Waals surface area contributed by atoms with E-state index in [1.165, 1.54) is 17.7 Å². The van der Waals surface area contributed by atoms with Crippen molar-refractivity contribution in [3.8, 4) is 0 Å². The normalized spacial score (nSPS) is 28.2. The number of nitrogens with zero attached hydrogens (tertiary/aromatic N) is 2. The molecule has 1 saturated carbocycles. The van der Waals surface area contributed by atoms with Crippen molar-refractivity contribution in [2.24, 2.45) is 11.8 Å². The van der Waals surface area contributed by atoms with Crippen LogP contribution in [0.4, 0.5) is 4.79 Å². The number of carboxylic acid groups (broad SMARTS) is 1. The van der Waals surface area contributed by atoms with Gasteiger partial charge in [-0.15, -0.1) is 0 Å². The number of hydrogen-bond donors (Lipinski definition) is 1. The Morgan fingerprint density at radius 2 is 2.00 bits per heavy atom. The van der Waals surface area contributed by atoms with Gasteiger partial charge in [0.25, 0.3) is 0 Å². The summed E-state index contributed by atoms with van der Waals surface area (Å²) in [5.41, 5.74) is 0. The van der Waals surface area contributed by atoms with E-state index < -0.39 is 12.0 Å². The highest BCUT2D eigenvalue weighted by molar-refractivity contribution is 5.83. The molecule has 0 aromatic heterocycles. The van der Waals surface area contributed by atoms with Crippen molar-refractivity contribution in [1.82, 2.24) is 9.80 Å². The zero-order valence-corrected chi connectivity index (χ0v) is 10.4. The summed E-state index contributed by atoms with van der Waals surface area (Å²) in [4.78, 5) is 26.5. The quantitative estimate of drug-likeness (QED) is 0.807. The van der Waals surface area contributed by atoms with Gasteiger partial charge in [0.1, 0.15) is 6.04 Å². The van der Waals surface area contributed by atoms with Gasteiger partial charge in [-0.25, -0.2) is 9.59 Å². The summed E-state index contributed by atoms with van der Waals surface area (Å²) in [6, 6.07) is -0.780. The van der Waals surface area contributed by atoms with Crippen LogP contribution in [0.2, 0.25) is 0 Å². The van der Waals surface area contributed by atoms with Gasteiger partial charge in [0.05, 0.1) is 0 Å². The molecule has 0 aromatic rings. The van der Waals surface area contributed by atoms with Crippen LogP contribution in [0.5, 0.6) is 0 Å². The molecule has 2 unspecified atom stereocenters. The third-order valence-electron chi connectivity index (χ3n) is 3.75. The summed E-state index contributed by atoms with van der Waals surface area (Å²) in [7, 11) is 1.77. The number of rotatable bonds is 3. The summed E-state index contributed by atoms with van der Waals surface area (Å²) in [5, 5.41) is 9.17. The predicted octanol–water partition coefficient (Wildman–Crippen LogP) is 1.24. The van der Waals surface area contributed by atoms with Gasteiger partial charge in [-0.1, -0.05) is 6.92 Å². The average molecular weight is 240 g/mol. The van der Waals surface area contributed by atoms with Gasteiger partial charge in [0, 0.05) is 20.1 Å². The molecule has 1 aliphatic carbocycles. The van der Waals surface area contributed by atoms with Crippen LogP contribution in [-0.2, 0) is 4.79 Å². The zero-order valence-electron chi connectivity index (χ0n) is 10.4. The van der Waals surface area contributed by atoms with Crippen molar-refractivity contribution < 1.29 is 14.7 Å². The standard InChI is InChI=1S/C12H20N2O3/c1-8-5-6-14(10(8)11(15)16)12(17)13(2)7-9-3-4-9/h8-10H,3-7H2,1-2H3,(H,15,16). The second-order valence-electron chi connectivity index (χ2n) is 5.35. The Bertz CT molecular complexity index is 328. The molecule has 5 nitrogen and oxygen atoms in total. The Balaban J connectivity index is 1.99. The maximum atomic E-state index is 12.2. The number of carbonyl (C=O) groups is 2. The number of urea groups is 1. The molecule has 1 N–H and O–H groups in total. The number of carboxylic acids is 1. The molecule has 2 aliphatic rings. The van der Waals surface area contributed by atoms with Crippen LogP contribution in [0.25, 0.3) is 0 Å². The summed E-state index contributed by atoms with van der Waals surface area (Å²) in [6.07, 6.45) is 3.16. The van der Waals surface area contributed by atoms with Crippen molar-refractivity contribution in [2.75, 3.05) is 20.1 Å². The molecule has 1 saturated heterocycles. The van der Waals surface area contributed by atoms with Crippen LogP contribution >= 0.6 is 0 Å². The monoisotopic (exact) mass is 240 g/mol. The Morgan fingerprint density at radius 3 is 2.53 bits per heavy atom. The Labute approximate surface area is 101 Å². The molecular formula is C12H20N2O3. The Kier molecular flexibility index (Phi) is 3.26. The highest BCUT2D eigenvalue weighted by atomic mass is 16.4. The molecule has 2 fully saturated rings. The van der Waals surface area contributed by atoms with Gasteiger partial charge >= 0.3 is 12.0 Å². The molecule has 2 rings (SSSR count). The van der Waals surface area contributed by atoms with Crippen molar-refractivity contribution in [1.29, 1.82) is 0 Å². The van der Waals surface area contributed by atoms with Gasteiger partial charge in [-0.05, 0) is 31.1 Å². The molecule has 2 amide bonds. The van der Waals surface area contributed by atoms with E-state index in [1.54, 1.807) is 11.9 Å². The molecule has 2 atom stereocenters. The Hall–Kier alpha value is -1.26. The number of amides is 2. The highest BCUT2D eigenvalue weighted by Crippen LogP contribution is 2.30. The third kappa shape index (κ3) is 2.53. The number of hydrogen-bond acceptors (Lipinski definition) is 2. The first-order chi connectivity index (χ1) is 8.00. The van der Waals surface area contributed by atoms with E-state index in [4.69, 9.17) is 5.11 Å². The maximum absolute atomic E-state index is 12.2. The predicted molar refractivity (Wildman–Crippen MR) is 62.7 cm³/mol. The number of likely N-dealkylation sites (tertiary alicyclic amines) is 1. The van der Waals surface area contributed by atoms with Crippen LogP contribution in [0.1, 0.15) is 26.2 Å². The molecule has 0 radical (unpaired) electrons. The second-order valence-corrected chi connectivity index (χ2v) is 5.35. The molecule has 0 spiro atoms. The van der Waals surface area contributed by atoms with E-state index >= 15 is 0 Å². The van der Waals surface area contributed by atoms with Crippen molar-refractivity contribution in [3.05, 3.63) is 0 Å². The Morgan fingerprint density at radius 1 is 1.35 bits per heavy atom. The lowest BCUT2D eigenvalue weighted by atomic mass is 10.0. The topological polar surface area (TPSA) is 60.9 Å². The lowest BCUT2D eigenvalue weighted by Gasteiger charge is -2.28. The average Bonchev–Trinajstić information content (AvgIpc) is 2.97. The SMILES string of the molecule is CC1CCN(C(=O)N(C)CC2CC2)C1C(=O)O. The van der Waals surface area contributed by atoms with E-state index in [0.717, 1.165) is 13.0 Å². The minimum Gasteiger partial charge on any atom is -0.480 e. The van der Waals surface area contributed by atoms with Gasteiger partial charge in [-0.2, -0.15) is 0 Å². The maximum Gasteiger partial charge on any atom is 0.326 e. The first-order valence-electron chi connectivity index (χ1n) is 6.25. The van der Waals surface area contributed by atoms with Crippen LogP contribution in [0, 0.1) is 11.8 Å². The summed E-state index contributed by atoms with van der Waals surface area (Å²) in [5.74, 6) is -0.207. The van der Waals surface area contributed by atoms with Gasteiger partial charge in [-0.3, -0.25) is 0 Å². The molecule has 1 aliphatic heterocycles. The van der Waals surface area contributed by atoms with Crippen LogP contribution < -0.4 is 0 Å². The second kappa shape index (κ2) is 4.55. The molecule has 0 bridgehead atoms. The van der Waals surface area contributed by atoms with E-state index in [2.05, 4.69) is 0 Å².